The van der Waals surface area contributed by atoms with Gasteiger partial charge < -0.3 is 14.8 Å². The first-order valence-electron chi connectivity index (χ1n) is 10.9. The van der Waals surface area contributed by atoms with E-state index < -0.39 is 0 Å². The molecule has 1 heterocycles. The van der Waals surface area contributed by atoms with E-state index >= 15 is 0 Å². The molecular weight excluding hydrogens is 370 g/mol. The first-order valence-corrected chi connectivity index (χ1v) is 10.9. The molecule has 30 heavy (non-hydrogen) atoms. The first kappa shape index (κ1) is 21.7. The molecule has 2 aromatic carbocycles. The molecular formula is C26H33N3O. The SMILES string of the molecule is CCCCCN(Cc1cccn1Cc1ccccc1)C(=O)Nc1c(C)cccc1C. The number of benzene rings is 2. The minimum absolute atomic E-state index is 0.0315. The van der Waals surface area contributed by atoms with Crippen LogP contribution in [0.1, 0.15) is 48.6 Å². The number of aryl methyl sites for hydroxylation is 2. The van der Waals surface area contributed by atoms with Crippen LogP contribution in [0.25, 0.3) is 0 Å². The lowest BCUT2D eigenvalue weighted by molar-refractivity contribution is 0.206. The Balaban J connectivity index is 1.76. The molecule has 0 unspecified atom stereocenters. The maximum absolute atomic E-state index is 13.2. The number of hydrogen-bond donors (Lipinski definition) is 1. The van der Waals surface area contributed by atoms with Crippen molar-refractivity contribution in [1.29, 1.82) is 0 Å². The van der Waals surface area contributed by atoms with Gasteiger partial charge in [-0.1, -0.05) is 68.3 Å². The molecule has 0 fully saturated rings. The number of amides is 2. The van der Waals surface area contributed by atoms with Gasteiger partial charge in [-0.2, -0.15) is 0 Å². The largest absolute Gasteiger partial charge is 0.345 e. The third-order valence-electron chi connectivity index (χ3n) is 5.50. The van der Waals surface area contributed by atoms with Gasteiger partial charge in [-0.05, 0) is 49.1 Å². The van der Waals surface area contributed by atoms with E-state index in [0.717, 1.165) is 54.9 Å². The van der Waals surface area contributed by atoms with Gasteiger partial charge in [0.25, 0.3) is 0 Å². The van der Waals surface area contributed by atoms with Gasteiger partial charge in [0, 0.05) is 30.7 Å². The molecule has 0 radical (unpaired) electrons. The summed E-state index contributed by atoms with van der Waals surface area (Å²) in [6, 6.07) is 20.7. The van der Waals surface area contributed by atoms with Crippen molar-refractivity contribution in [2.24, 2.45) is 0 Å². The van der Waals surface area contributed by atoms with E-state index in [4.69, 9.17) is 0 Å². The van der Waals surface area contributed by atoms with Gasteiger partial charge in [-0.15, -0.1) is 0 Å². The fourth-order valence-electron chi connectivity index (χ4n) is 3.73. The van der Waals surface area contributed by atoms with Gasteiger partial charge in [0.2, 0.25) is 0 Å². The number of nitrogens with zero attached hydrogens (tertiary/aromatic N) is 2. The quantitative estimate of drug-likeness (QED) is 0.414. The van der Waals surface area contributed by atoms with Crippen molar-refractivity contribution in [3.05, 3.63) is 89.2 Å². The number of nitrogens with one attached hydrogen (secondary N) is 1. The Labute approximate surface area is 180 Å². The summed E-state index contributed by atoms with van der Waals surface area (Å²) in [5.74, 6) is 0. The van der Waals surface area contributed by atoms with Gasteiger partial charge in [-0.3, -0.25) is 0 Å². The molecule has 4 nitrogen and oxygen atoms in total. The van der Waals surface area contributed by atoms with Gasteiger partial charge in [0.15, 0.2) is 0 Å². The number of carbonyl (C=O) groups excluding carboxylic acids is 1. The molecule has 0 saturated heterocycles. The standard InChI is InChI=1S/C26H33N3O/c1-4-5-9-17-29(26(30)27-25-21(2)12-10-13-22(25)3)20-24-16-11-18-28(24)19-23-14-7-6-8-15-23/h6-8,10-16,18H,4-5,9,17,19-20H2,1-3H3,(H,27,30). The predicted molar refractivity (Wildman–Crippen MR) is 125 cm³/mol. The fourth-order valence-corrected chi connectivity index (χ4v) is 3.73. The molecule has 3 aromatic rings. The normalized spacial score (nSPS) is 10.8. The zero-order valence-corrected chi connectivity index (χ0v) is 18.4. The minimum Gasteiger partial charge on any atom is -0.345 e. The molecule has 0 saturated carbocycles. The van der Waals surface area contributed by atoms with Gasteiger partial charge in [0.05, 0.1) is 6.54 Å². The van der Waals surface area contributed by atoms with Crippen LogP contribution in [-0.4, -0.2) is 22.0 Å². The van der Waals surface area contributed by atoms with Crippen molar-refractivity contribution >= 4 is 11.7 Å². The van der Waals surface area contributed by atoms with Crippen LogP contribution < -0.4 is 5.32 Å². The third-order valence-corrected chi connectivity index (χ3v) is 5.50. The van der Waals surface area contributed by atoms with Gasteiger partial charge >= 0.3 is 6.03 Å². The number of unbranched alkanes of at least 4 members (excludes halogenated alkanes) is 2. The van der Waals surface area contributed by atoms with Crippen LogP contribution in [0.5, 0.6) is 0 Å². The first-order chi connectivity index (χ1) is 14.6. The van der Waals surface area contributed by atoms with Gasteiger partial charge in [-0.25, -0.2) is 4.79 Å². The summed E-state index contributed by atoms with van der Waals surface area (Å²) in [6.07, 6.45) is 5.36. The highest BCUT2D eigenvalue weighted by Gasteiger charge is 2.17. The second-order valence-corrected chi connectivity index (χ2v) is 7.94. The Morgan fingerprint density at radius 1 is 0.933 bits per heavy atom. The van der Waals surface area contributed by atoms with Crippen molar-refractivity contribution in [3.63, 3.8) is 0 Å². The Morgan fingerprint density at radius 3 is 2.37 bits per heavy atom. The predicted octanol–water partition coefficient (Wildman–Crippen LogP) is 6.38. The highest BCUT2D eigenvalue weighted by atomic mass is 16.2. The monoisotopic (exact) mass is 403 g/mol. The molecule has 158 valence electrons. The molecule has 3 rings (SSSR count). The molecule has 0 bridgehead atoms. The molecule has 0 atom stereocenters. The lowest BCUT2D eigenvalue weighted by Gasteiger charge is -2.25. The van der Waals surface area contributed by atoms with E-state index in [1.165, 1.54) is 5.56 Å². The summed E-state index contributed by atoms with van der Waals surface area (Å²) in [4.78, 5) is 15.2. The van der Waals surface area contributed by atoms with Crippen molar-refractivity contribution in [1.82, 2.24) is 9.47 Å². The number of rotatable bonds is 9. The number of para-hydroxylation sites is 1. The lowest BCUT2D eigenvalue weighted by atomic mass is 10.1. The maximum atomic E-state index is 13.2. The van der Waals surface area contributed by atoms with E-state index in [-0.39, 0.29) is 6.03 Å². The Morgan fingerprint density at radius 2 is 1.67 bits per heavy atom. The highest BCUT2D eigenvalue weighted by Crippen LogP contribution is 2.21. The van der Waals surface area contributed by atoms with Crippen LogP contribution in [0, 0.1) is 13.8 Å². The number of urea groups is 1. The zero-order chi connectivity index (χ0) is 21.3. The molecule has 0 aliphatic heterocycles. The number of anilines is 1. The van der Waals surface area contributed by atoms with Crippen LogP contribution in [-0.2, 0) is 13.1 Å². The average Bonchev–Trinajstić information content (AvgIpc) is 3.17. The van der Waals surface area contributed by atoms with E-state index in [2.05, 4.69) is 59.4 Å². The van der Waals surface area contributed by atoms with E-state index in [0.29, 0.717) is 6.54 Å². The summed E-state index contributed by atoms with van der Waals surface area (Å²) >= 11 is 0. The lowest BCUT2D eigenvalue weighted by Crippen LogP contribution is -2.36. The number of carbonyl (C=O) groups is 1. The van der Waals surface area contributed by atoms with Crippen molar-refractivity contribution in [3.8, 4) is 0 Å². The maximum Gasteiger partial charge on any atom is 0.322 e. The van der Waals surface area contributed by atoms with Gasteiger partial charge in [0.1, 0.15) is 0 Å². The second-order valence-electron chi connectivity index (χ2n) is 7.94. The third kappa shape index (κ3) is 5.76. The summed E-state index contributed by atoms with van der Waals surface area (Å²) in [5, 5.41) is 3.16. The zero-order valence-electron chi connectivity index (χ0n) is 18.4. The van der Waals surface area contributed by atoms with Crippen molar-refractivity contribution < 1.29 is 4.79 Å². The Bertz CT molecular complexity index is 926. The highest BCUT2D eigenvalue weighted by molar-refractivity contribution is 5.91. The van der Waals surface area contributed by atoms with E-state index in [1.54, 1.807) is 0 Å². The van der Waals surface area contributed by atoms with Crippen LogP contribution in [0.4, 0.5) is 10.5 Å². The smallest absolute Gasteiger partial charge is 0.322 e. The minimum atomic E-state index is -0.0315. The second kappa shape index (κ2) is 10.7. The molecule has 1 aromatic heterocycles. The van der Waals surface area contributed by atoms with Crippen molar-refractivity contribution in [2.45, 2.75) is 53.1 Å². The molecule has 2 amide bonds. The van der Waals surface area contributed by atoms with Crippen LogP contribution >= 0.6 is 0 Å². The molecule has 4 heteroatoms. The average molecular weight is 404 g/mol. The molecule has 0 aliphatic rings. The summed E-state index contributed by atoms with van der Waals surface area (Å²) < 4.78 is 2.23. The van der Waals surface area contributed by atoms with Crippen LogP contribution in [0.2, 0.25) is 0 Å². The van der Waals surface area contributed by atoms with Crippen molar-refractivity contribution in [2.75, 3.05) is 11.9 Å². The number of aromatic nitrogens is 1. The topological polar surface area (TPSA) is 37.3 Å². The Kier molecular flexibility index (Phi) is 7.72. The summed E-state index contributed by atoms with van der Waals surface area (Å²) in [7, 11) is 0. The summed E-state index contributed by atoms with van der Waals surface area (Å²) in [6.45, 7) is 8.42. The Hall–Kier alpha value is -3.01. The summed E-state index contributed by atoms with van der Waals surface area (Å²) in [5.41, 5.74) is 5.50. The molecule has 0 aliphatic carbocycles. The molecule has 1 N–H and O–H groups in total. The van der Waals surface area contributed by atoms with Crippen LogP contribution in [0.3, 0.4) is 0 Å². The molecule has 0 spiro atoms. The number of hydrogen-bond acceptors (Lipinski definition) is 1. The fraction of sp³-hybridized carbons (Fsp3) is 0.346. The van der Waals surface area contributed by atoms with Crippen LogP contribution in [0.15, 0.2) is 66.9 Å². The van der Waals surface area contributed by atoms with E-state index in [1.807, 2.05) is 43.0 Å². The van der Waals surface area contributed by atoms with E-state index in [9.17, 15) is 4.79 Å².